The van der Waals surface area contributed by atoms with Crippen LogP contribution in [0.15, 0.2) is 303 Å². The SMILES string of the molecule is Cc1ccc(-c2c3ccccc3c(-c3ccccc3)c3ccc(-c4cccc5ccccc45)cc23)c2ccccc12.Cc1ccc(-c2c3ccccc3c(-c3ccccc3)c3ccc(Cl)cc23)c2ccccc12.OB(O)c1cccc2ccccc12. The topological polar surface area (TPSA) is 40.5 Å². The fourth-order valence-corrected chi connectivity index (χ4v) is 13.4. The van der Waals surface area contributed by atoms with Gasteiger partial charge < -0.3 is 10.0 Å². The van der Waals surface area contributed by atoms with Gasteiger partial charge in [0.15, 0.2) is 0 Å². The lowest BCUT2D eigenvalue weighted by molar-refractivity contribution is 0.426. The minimum absolute atomic E-state index is 0.554. The van der Waals surface area contributed by atoms with Crippen molar-refractivity contribution in [1.82, 2.24) is 0 Å². The second-order valence-electron chi connectivity index (χ2n) is 22.2. The quantitative estimate of drug-likeness (QED) is 0.129. The Labute approximate surface area is 506 Å². The normalized spacial score (nSPS) is 11.3. The van der Waals surface area contributed by atoms with Crippen molar-refractivity contribution in [3.8, 4) is 55.6 Å². The fourth-order valence-electron chi connectivity index (χ4n) is 13.2. The summed E-state index contributed by atoms with van der Waals surface area (Å²) < 4.78 is 0. The predicted molar refractivity (Wildman–Crippen MR) is 371 cm³/mol. The molecule has 0 bridgehead atoms. The smallest absolute Gasteiger partial charge is 0.423 e. The minimum atomic E-state index is -1.40. The number of hydrogen-bond acceptors (Lipinski definition) is 2. The third-order valence-corrected chi connectivity index (χ3v) is 17.4. The predicted octanol–water partition coefficient (Wildman–Crippen LogP) is 21.6. The molecule has 0 aliphatic heterocycles. The van der Waals surface area contributed by atoms with Crippen LogP contribution in [0.25, 0.3) is 142 Å². The Kier molecular flexibility index (Phi) is 14.5. The number of hydrogen-bond donors (Lipinski definition) is 2. The van der Waals surface area contributed by atoms with E-state index in [1.54, 1.807) is 6.07 Å². The molecule has 0 fully saturated rings. The van der Waals surface area contributed by atoms with E-state index in [0.717, 1.165) is 15.8 Å². The van der Waals surface area contributed by atoms with Crippen LogP contribution in [-0.4, -0.2) is 17.2 Å². The summed E-state index contributed by atoms with van der Waals surface area (Å²) >= 11 is 6.57. The number of rotatable bonds is 6. The molecule has 86 heavy (non-hydrogen) atoms. The van der Waals surface area contributed by atoms with E-state index < -0.39 is 7.12 Å². The molecule has 16 aromatic rings. The van der Waals surface area contributed by atoms with Gasteiger partial charge in [-0.2, -0.15) is 0 Å². The highest BCUT2D eigenvalue weighted by atomic mass is 35.5. The number of fused-ring (bicyclic) bond motifs is 8. The summed E-state index contributed by atoms with van der Waals surface area (Å²) in [5, 5.41) is 38.5. The van der Waals surface area contributed by atoms with E-state index in [1.165, 1.54) is 142 Å². The molecule has 0 radical (unpaired) electrons. The van der Waals surface area contributed by atoms with Gasteiger partial charge in [-0.05, 0) is 190 Å². The first-order valence-electron chi connectivity index (χ1n) is 29.3. The average Bonchev–Trinajstić information content (AvgIpc) is 0.795. The Morgan fingerprint density at radius 3 is 1.13 bits per heavy atom. The van der Waals surface area contributed by atoms with Crippen molar-refractivity contribution in [3.05, 3.63) is 319 Å². The Hall–Kier alpha value is -10.1. The third-order valence-electron chi connectivity index (χ3n) is 17.2. The van der Waals surface area contributed by atoms with Crippen molar-refractivity contribution < 1.29 is 10.0 Å². The highest BCUT2D eigenvalue weighted by Crippen LogP contribution is 2.49. The molecule has 0 amide bonds. The van der Waals surface area contributed by atoms with Gasteiger partial charge in [0, 0.05) is 5.02 Å². The number of halogens is 1. The Balaban J connectivity index is 0.000000128. The van der Waals surface area contributed by atoms with Gasteiger partial charge in [0.1, 0.15) is 0 Å². The zero-order chi connectivity index (χ0) is 58.3. The van der Waals surface area contributed by atoms with E-state index in [0.29, 0.717) is 5.46 Å². The van der Waals surface area contributed by atoms with Crippen molar-refractivity contribution in [3.63, 3.8) is 0 Å². The summed E-state index contributed by atoms with van der Waals surface area (Å²) in [6.07, 6.45) is 0. The van der Waals surface area contributed by atoms with Crippen LogP contribution >= 0.6 is 11.6 Å². The molecule has 0 atom stereocenters. The fraction of sp³-hybridized carbons (Fsp3) is 0.0244. The summed E-state index contributed by atoms with van der Waals surface area (Å²) in [5.74, 6) is 0. The summed E-state index contributed by atoms with van der Waals surface area (Å²) in [6, 6.07) is 108. The van der Waals surface area contributed by atoms with E-state index in [2.05, 4.69) is 269 Å². The molecule has 0 unspecified atom stereocenters. The van der Waals surface area contributed by atoms with E-state index in [1.807, 2.05) is 42.5 Å². The molecule has 0 heterocycles. The van der Waals surface area contributed by atoms with Crippen LogP contribution in [-0.2, 0) is 0 Å². The van der Waals surface area contributed by atoms with Gasteiger partial charge in [-0.3, -0.25) is 0 Å². The van der Waals surface area contributed by atoms with E-state index >= 15 is 0 Å². The first kappa shape index (κ1) is 53.9. The Morgan fingerprint density at radius 2 is 0.616 bits per heavy atom. The number of aryl methyl sites for hydroxylation is 2. The average molecular weight is 1120 g/mol. The van der Waals surface area contributed by atoms with Crippen LogP contribution < -0.4 is 5.46 Å². The molecule has 0 spiro atoms. The van der Waals surface area contributed by atoms with Crippen molar-refractivity contribution in [2.24, 2.45) is 0 Å². The Morgan fingerprint density at radius 1 is 0.244 bits per heavy atom. The second-order valence-corrected chi connectivity index (χ2v) is 22.6. The molecule has 0 aromatic heterocycles. The molecule has 0 saturated carbocycles. The first-order chi connectivity index (χ1) is 42.3. The maximum absolute atomic E-state index is 9.08. The standard InChI is InChI=1S/C41H28.C31H21Cl.C10H9BO2/c1-27-22-24-37(34-18-8-7-16-31(27)34)41-36-20-10-9-19-35(36)40(29-13-3-2-4-14-29)38-25-23-30(26-39(38)41)33-21-11-15-28-12-5-6-17-32(28)33;1-20-15-17-27(24-12-6-5-11-23(20)24)31-26-14-8-7-13-25(26)30(21-9-3-2-4-10-21)28-18-16-22(32)19-29(28)31;12-11(13)10-7-3-5-8-4-1-2-6-9(8)10/h2-26H,1H3;2-19H,1H3;1-7,12-13H. The highest BCUT2D eigenvalue weighted by molar-refractivity contribution is 6.62. The molecule has 16 rings (SSSR count). The van der Waals surface area contributed by atoms with Crippen molar-refractivity contribution in [2.45, 2.75) is 13.8 Å². The van der Waals surface area contributed by atoms with Gasteiger partial charge in [-0.15, -0.1) is 0 Å². The summed E-state index contributed by atoms with van der Waals surface area (Å²) in [6.45, 7) is 4.39. The second kappa shape index (κ2) is 23.1. The van der Waals surface area contributed by atoms with Gasteiger partial charge in [0.25, 0.3) is 0 Å². The van der Waals surface area contributed by atoms with Crippen LogP contribution in [0.5, 0.6) is 0 Å². The molecule has 2 nitrogen and oxygen atoms in total. The molecular weight excluding hydrogens is 1060 g/mol. The van der Waals surface area contributed by atoms with Crippen LogP contribution in [0.2, 0.25) is 5.02 Å². The zero-order valence-corrected chi connectivity index (χ0v) is 48.5. The van der Waals surface area contributed by atoms with Gasteiger partial charge in [-0.25, -0.2) is 0 Å². The molecule has 0 aliphatic carbocycles. The summed E-state index contributed by atoms with van der Waals surface area (Å²) in [5.41, 5.74) is 15.7. The van der Waals surface area contributed by atoms with E-state index in [4.69, 9.17) is 21.6 Å². The lowest BCUT2D eigenvalue weighted by atomic mass is 9.77. The molecule has 0 aliphatic rings. The summed E-state index contributed by atoms with van der Waals surface area (Å²) in [4.78, 5) is 0. The van der Waals surface area contributed by atoms with Crippen molar-refractivity contribution >= 4 is 110 Å². The maximum Gasteiger partial charge on any atom is 0.489 e. The molecule has 4 heteroatoms. The maximum atomic E-state index is 9.08. The van der Waals surface area contributed by atoms with E-state index in [-0.39, 0.29) is 0 Å². The third kappa shape index (κ3) is 9.82. The molecule has 16 aromatic carbocycles. The van der Waals surface area contributed by atoms with E-state index in [9.17, 15) is 0 Å². The largest absolute Gasteiger partial charge is 0.489 e. The molecule has 2 N–H and O–H groups in total. The lowest BCUT2D eigenvalue weighted by Crippen LogP contribution is -2.30. The van der Waals surface area contributed by atoms with Crippen LogP contribution in [0.4, 0.5) is 0 Å². The first-order valence-corrected chi connectivity index (χ1v) is 29.7. The zero-order valence-electron chi connectivity index (χ0n) is 47.7. The summed E-state index contributed by atoms with van der Waals surface area (Å²) in [7, 11) is -1.40. The molecular formula is C82H58BClO2. The van der Waals surface area contributed by atoms with Gasteiger partial charge in [0.05, 0.1) is 0 Å². The molecule has 0 saturated heterocycles. The van der Waals surface area contributed by atoms with Crippen LogP contribution in [0, 0.1) is 13.8 Å². The Bertz CT molecular complexity index is 5240. The van der Waals surface area contributed by atoms with Gasteiger partial charge >= 0.3 is 7.12 Å². The molecule has 408 valence electrons. The van der Waals surface area contributed by atoms with Gasteiger partial charge in [0.2, 0.25) is 0 Å². The highest BCUT2D eigenvalue weighted by Gasteiger charge is 2.22. The van der Waals surface area contributed by atoms with Crippen molar-refractivity contribution in [2.75, 3.05) is 0 Å². The van der Waals surface area contributed by atoms with Crippen LogP contribution in [0.1, 0.15) is 11.1 Å². The lowest BCUT2D eigenvalue weighted by Gasteiger charge is -2.20. The monoisotopic (exact) mass is 1120 g/mol. The van der Waals surface area contributed by atoms with Gasteiger partial charge in [-0.1, -0.05) is 297 Å². The minimum Gasteiger partial charge on any atom is -0.423 e. The van der Waals surface area contributed by atoms with Crippen molar-refractivity contribution in [1.29, 1.82) is 0 Å². The number of benzene rings is 16. The van der Waals surface area contributed by atoms with Crippen LogP contribution in [0.3, 0.4) is 0 Å².